The summed E-state index contributed by atoms with van der Waals surface area (Å²) in [4.78, 5) is 45.7. The van der Waals surface area contributed by atoms with Crippen LogP contribution in [0.5, 0.6) is 0 Å². The van der Waals surface area contributed by atoms with Crippen LogP contribution in [-0.2, 0) is 20.8 Å². The van der Waals surface area contributed by atoms with Crippen LogP contribution in [0.4, 0.5) is 5.69 Å². The van der Waals surface area contributed by atoms with E-state index in [1.54, 1.807) is 4.90 Å². The monoisotopic (exact) mass is 443 g/mol. The predicted octanol–water partition coefficient (Wildman–Crippen LogP) is 4.40. The van der Waals surface area contributed by atoms with Crippen LogP contribution in [0, 0.1) is 5.92 Å². The lowest BCUT2D eigenvalue weighted by Crippen LogP contribution is -2.47. The first-order chi connectivity index (χ1) is 15.9. The largest absolute Gasteiger partial charge is 0.361 e. The quantitative estimate of drug-likeness (QED) is 0.550. The molecule has 0 radical (unpaired) electrons. The Kier molecular flexibility index (Phi) is 5.52. The van der Waals surface area contributed by atoms with Crippen molar-refractivity contribution in [3.8, 4) is 0 Å². The SMILES string of the molecule is CC(C)c1ccc(N2C(=O)CC(N(CCc3c[nH]c4ccccc34)C(=O)C3CC3)C2=O)cc1. The molecule has 1 saturated carbocycles. The van der Waals surface area contributed by atoms with Crippen molar-refractivity contribution in [2.24, 2.45) is 5.92 Å². The number of H-pyrrole nitrogens is 1. The van der Waals surface area contributed by atoms with Gasteiger partial charge in [-0.3, -0.25) is 14.4 Å². The van der Waals surface area contributed by atoms with Crippen molar-refractivity contribution in [1.29, 1.82) is 0 Å². The zero-order valence-electron chi connectivity index (χ0n) is 19.1. The summed E-state index contributed by atoms with van der Waals surface area (Å²) in [6, 6.07) is 14.9. The highest BCUT2D eigenvalue weighted by Crippen LogP contribution is 2.34. The minimum absolute atomic E-state index is 0.00185. The number of fused-ring (bicyclic) bond motifs is 1. The van der Waals surface area contributed by atoms with Crippen LogP contribution >= 0.6 is 0 Å². The van der Waals surface area contributed by atoms with Gasteiger partial charge in [-0.15, -0.1) is 0 Å². The van der Waals surface area contributed by atoms with Gasteiger partial charge in [0.25, 0.3) is 5.91 Å². The summed E-state index contributed by atoms with van der Waals surface area (Å²) in [5, 5.41) is 1.12. The summed E-state index contributed by atoms with van der Waals surface area (Å²) in [6.07, 6.45) is 4.35. The van der Waals surface area contributed by atoms with E-state index in [4.69, 9.17) is 0 Å². The first-order valence-corrected chi connectivity index (χ1v) is 11.8. The predicted molar refractivity (Wildman–Crippen MR) is 128 cm³/mol. The Morgan fingerprint density at radius 2 is 1.82 bits per heavy atom. The first kappa shape index (κ1) is 21.4. The van der Waals surface area contributed by atoms with Crippen LogP contribution in [0.15, 0.2) is 54.7 Å². The molecular weight excluding hydrogens is 414 g/mol. The van der Waals surface area contributed by atoms with Crippen LogP contribution in [0.25, 0.3) is 10.9 Å². The first-order valence-electron chi connectivity index (χ1n) is 11.8. The van der Waals surface area contributed by atoms with Gasteiger partial charge in [0, 0.05) is 29.6 Å². The van der Waals surface area contributed by atoms with Gasteiger partial charge in [0.15, 0.2) is 0 Å². The molecule has 1 aliphatic heterocycles. The average molecular weight is 444 g/mol. The van der Waals surface area contributed by atoms with Crippen LogP contribution in [0.2, 0.25) is 0 Å². The molecule has 3 aromatic rings. The van der Waals surface area contributed by atoms with E-state index in [1.807, 2.05) is 48.7 Å². The number of amides is 3. The fourth-order valence-corrected chi connectivity index (χ4v) is 4.70. The lowest BCUT2D eigenvalue weighted by Gasteiger charge is -2.28. The maximum Gasteiger partial charge on any atom is 0.257 e. The number of nitrogens with one attached hydrogen (secondary N) is 1. The molecule has 1 atom stereocenters. The third-order valence-corrected chi connectivity index (χ3v) is 6.82. The summed E-state index contributed by atoms with van der Waals surface area (Å²) in [6.45, 7) is 4.62. The minimum Gasteiger partial charge on any atom is -0.361 e. The van der Waals surface area contributed by atoms with Crippen molar-refractivity contribution in [1.82, 2.24) is 9.88 Å². The smallest absolute Gasteiger partial charge is 0.257 e. The van der Waals surface area contributed by atoms with Gasteiger partial charge in [-0.2, -0.15) is 0 Å². The second kappa shape index (κ2) is 8.50. The molecule has 1 aromatic heterocycles. The van der Waals surface area contributed by atoms with Crippen molar-refractivity contribution in [3.63, 3.8) is 0 Å². The summed E-state index contributed by atoms with van der Waals surface area (Å²) >= 11 is 0. The highest BCUT2D eigenvalue weighted by Gasteiger charge is 2.46. The van der Waals surface area contributed by atoms with Crippen LogP contribution in [0.3, 0.4) is 0 Å². The molecule has 170 valence electrons. The molecule has 3 amide bonds. The Balaban J connectivity index is 1.38. The number of rotatable bonds is 7. The van der Waals surface area contributed by atoms with Crippen LogP contribution in [0.1, 0.15) is 50.2 Å². The topological polar surface area (TPSA) is 73.5 Å². The third-order valence-electron chi connectivity index (χ3n) is 6.82. The van der Waals surface area contributed by atoms with Crippen molar-refractivity contribution < 1.29 is 14.4 Å². The summed E-state index contributed by atoms with van der Waals surface area (Å²) in [7, 11) is 0. The number of para-hydroxylation sites is 1. The van der Waals surface area contributed by atoms with E-state index < -0.39 is 6.04 Å². The molecule has 1 N–H and O–H groups in total. The standard InChI is InChI=1S/C27H29N3O3/c1-17(2)18-9-11-21(12-10-18)30-25(31)15-24(27(30)33)29(26(32)19-7-8-19)14-13-20-16-28-23-6-4-3-5-22(20)23/h3-6,9-12,16-17,19,24,28H,7-8,13-15H2,1-2H3. The molecule has 1 saturated heterocycles. The molecule has 1 aliphatic carbocycles. The fraction of sp³-hybridized carbons (Fsp3) is 0.370. The molecule has 0 bridgehead atoms. The third kappa shape index (κ3) is 4.06. The lowest BCUT2D eigenvalue weighted by molar-refractivity contribution is -0.139. The van der Waals surface area contributed by atoms with E-state index in [2.05, 4.69) is 24.9 Å². The molecule has 33 heavy (non-hydrogen) atoms. The second-order valence-electron chi connectivity index (χ2n) is 9.45. The van der Waals surface area contributed by atoms with E-state index in [9.17, 15) is 14.4 Å². The van der Waals surface area contributed by atoms with E-state index in [0.29, 0.717) is 24.6 Å². The van der Waals surface area contributed by atoms with E-state index in [1.165, 1.54) is 4.90 Å². The van der Waals surface area contributed by atoms with Crippen molar-refractivity contribution >= 4 is 34.3 Å². The summed E-state index contributed by atoms with van der Waals surface area (Å²) in [5.74, 6) is -0.200. The Hall–Kier alpha value is -3.41. The second-order valence-corrected chi connectivity index (χ2v) is 9.45. The van der Waals surface area contributed by atoms with Gasteiger partial charge < -0.3 is 9.88 Å². The van der Waals surface area contributed by atoms with Gasteiger partial charge in [0.1, 0.15) is 6.04 Å². The van der Waals surface area contributed by atoms with Gasteiger partial charge in [-0.1, -0.05) is 44.2 Å². The van der Waals surface area contributed by atoms with Crippen LogP contribution in [-0.4, -0.2) is 40.2 Å². The Morgan fingerprint density at radius 3 is 2.52 bits per heavy atom. The number of aromatic nitrogens is 1. The normalized spacial score (nSPS) is 18.5. The molecule has 5 rings (SSSR count). The molecule has 2 aromatic carbocycles. The van der Waals surface area contributed by atoms with Crippen molar-refractivity contribution in [3.05, 3.63) is 65.9 Å². The van der Waals surface area contributed by atoms with Gasteiger partial charge in [-0.25, -0.2) is 4.90 Å². The molecule has 6 nitrogen and oxygen atoms in total. The Bertz CT molecular complexity index is 1210. The molecule has 2 heterocycles. The highest BCUT2D eigenvalue weighted by atomic mass is 16.2. The fourth-order valence-electron chi connectivity index (χ4n) is 4.70. The number of benzene rings is 2. The van der Waals surface area contributed by atoms with Gasteiger partial charge in [-0.05, 0) is 54.5 Å². The number of aromatic amines is 1. The zero-order valence-corrected chi connectivity index (χ0v) is 19.1. The molecule has 2 aliphatic rings. The molecule has 6 heteroatoms. The maximum atomic E-state index is 13.4. The number of imide groups is 1. The molecule has 2 fully saturated rings. The van der Waals surface area contributed by atoms with Gasteiger partial charge >= 0.3 is 0 Å². The number of hydrogen-bond acceptors (Lipinski definition) is 3. The van der Waals surface area contributed by atoms with E-state index in [-0.39, 0.29) is 30.1 Å². The van der Waals surface area contributed by atoms with Crippen molar-refractivity contribution in [2.75, 3.05) is 11.4 Å². The van der Waals surface area contributed by atoms with E-state index in [0.717, 1.165) is 34.9 Å². The molecule has 0 spiro atoms. The maximum absolute atomic E-state index is 13.4. The number of anilines is 1. The molecular formula is C27H29N3O3. The zero-order chi connectivity index (χ0) is 23.1. The number of carbonyl (C=O) groups excluding carboxylic acids is 3. The Morgan fingerprint density at radius 1 is 1.09 bits per heavy atom. The number of carbonyl (C=O) groups is 3. The number of nitrogens with zero attached hydrogens (tertiary/aromatic N) is 2. The van der Waals surface area contributed by atoms with Gasteiger partial charge in [0.2, 0.25) is 11.8 Å². The van der Waals surface area contributed by atoms with Crippen molar-refractivity contribution in [2.45, 2.75) is 51.5 Å². The van der Waals surface area contributed by atoms with E-state index >= 15 is 0 Å². The molecule has 1 unspecified atom stereocenters. The van der Waals surface area contributed by atoms with Gasteiger partial charge in [0.05, 0.1) is 12.1 Å². The summed E-state index contributed by atoms with van der Waals surface area (Å²) < 4.78 is 0. The highest BCUT2D eigenvalue weighted by molar-refractivity contribution is 6.23. The Labute approximate surface area is 193 Å². The number of hydrogen-bond donors (Lipinski definition) is 1. The summed E-state index contributed by atoms with van der Waals surface area (Å²) in [5.41, 5.74) is 3.89. The van der Waals surface area contributed by atoms with Crippen LogP contribution < -0.4 is 4.90 Å². The lowest BCUT2D eigenvalue weighted by atomic mass is 10.0. The average Bonchev–Trinajstić information content (AvgIpc) is 3.52. The minimum atomic E-state index is -0.736.